The SMILES string of the molecule is Cc1cccc(I)c1C(=O)N(C)C(C)C(=O)O. The second-order valence-electron chi connectivity index (χ2n) is 3.86. The van der Waals surface area contributed by atoms with Crippen molar-refractivity contribution in [3.63, 3.8) is 0 Å². The summed E-state index contributed by atoms with van der Waals surface area (Å²) in [7, 11) is 1.50. The summed E-state index contributed by atoms with van der Waals surface area (Å²) >= 11 is 2.08. The van der Waals surface area contributed by atoms with Gasteiger partial charge in [0.2, 0.25) is 0 Å². The third kappa shape index (κ3) is 2.96. The minimum atomic E-state index is -1.01. The van der Waals surface area contributed by atoms with Crippen molar-refractivity contribution in [1.82, 2.24) is 4.90 Å². The van der Waals surface area contributed by atoms with Crippen molar-refractivity contribution in [3.8, 4) is 0 Å². The van der Waals surface area contributed by atoms with Crippen LogP contribution in [0.15, 0.2) is 18.2 Å². The fraction of sp³-hybridized carbons (Fsp3) is 0.333. The fourth-order valence-electron chi connectivity index (χ4n) is 1.42. The first-order valence-electron chi connectivity index (χ1n) is 5.11. The first-order valence-corrected chi connectivity index (χ1v) is 6.19. The monoisotopic (exact) mass is 347 g/mol. The van der Waals surface area contributed by atoms with Crippen LogP contribution in [-0.4, -0.2) is 35.0 Å². The lowest BCUT2D eigenvalue weighted by Gasteiger charge is -2.22. The number of carboxylic acids is 1. The number of aliphatic carboxylic acids is 1. The van der Waals surface area contributed by atoms with E-state index in [-0.39, 0.29) is 5.91 Å². The minimum Gasteiger partial charge on any atom is -0.480 e. The molecule has 0 aromatic heterocycles. The Morgan fingerprint density at radius 2 is 2.00 bits per heavy atom. The van der Waals surface area contributed by atoms with E-state index in [0.717, 1.165) is 9.13 Å². The van der Waals surface area contributed by atoms with Crippen LogP contribution >= 0.6 is 22.6 Å². The van der Waals surface area contributed by atoms with Gasteiger partial charge in [-0.25, -0.2) is 4.79 Å². The molecule has 0 fully saturated rings. The molecule has 5 heteroatoms. The maximum absolute atomic E-state index is 12.2. The molecule has 1 N–H and O–H groups in total. The van der Waals surface area contributed by atoms with Gasteiger partial charge in [-0.1, -0.05) is 12.1 Å². The molecule has 0 saturated heterocycles. The molecule has 0 aliphatic rings. The maximum atomic E-state index is 12.2. The summed E-state index contributed by atoms with van der Waals surface area (Å²) in [6, 6.07) is 4.71. The van der Waals surface area contributed by atoms with Crippen molar-refractivity contribution in [2.75, 3.05) is 7.05 Å². The van der Waals surface area contributed by atoms with E-state index in [1.165, 1.54) is 18.9 Å². The average molecular weight is 347 g/mol. The van der Waals surface area contributed by atoms with E-state index in [9.17, 15) is 9.59 Å². The van der Waals surface area contributed by atoms with Crippen LogP contribution in [0.25, 0.3) is 0 Å². The normalized spacial score (nSPS) is 12.0. The van der Waals surface area contributed by atoms with Crippen molar-refractivity contribution in [3.05, 3.63) is 32.9 Å². The van der Waals surface area contributed by atoms with Gasteiger partial charge >= 0.3 is 5.97 Å². The number of hydrogen-bond donors (Lipinski definition) is 1. The van der Waals surface area contributed by atoms with Gasteiger partial charge in [0.05, 0.1) is 5.56 Å². The maximum Gasteiger partial charge on any atom is 0.326 e. The van der Waals surface area contributed by atoms with Crippen LogP contribution in [0, 0.1) is 10.5 Å². The zero-order valence-corrected chi connectivity index (χ0v) is 12.1. The summed E-state index contributed by atoms with van der Waals surface area (Å²) in [5.41, 5.74) is 1.43. The molecule has 4 nitrogen and oxygen atoms in total. The predicted octanol–water partition coefficient (Wildman–Crippen LogP) is 2.14. The van der Waals surface area contributed by atoms with Crippen molar-refractivity contribution in [2.45, 2.75) is 19.9 Å². The minimum absolute atomic E-state index is 0.262. The highest BCUT2D eigenvalue weighted by Crippen LogP contribution is 2.19. The standard InChI is InChI=1S/C12H14INO3/c1-7-5-4-6-9(13)10(7)11(15)14(3)8(2)12(16)17/h4-6,8H,1-3H3,(H,16,17). The fourth-order valence-corrected chi connectivity index (χ4v) is 2.28. The van der Waals surface area contributed by atoms with Crippen molar-refractivity contribution in [1.29, 1.82) is 0 Å². The van der Waals surface area contributed by atoms with Crippen LogP contribution < -0.4 is 0 Å². The number of benzene rings is 1. The van der Waals surface area contributed by atoms with Crippen LogP contribution in [-0.2, 0) is 4.79 Å². The summed E-state index contributed by atoms with van der Waals surface area (Å²) in [6.07, 6.45) is 0. The van der Waals surface area contributed by atoms with Gasteiger partial charge in [-0.05, 0) is 48.1 Å². The summed E-state index contributed by atoms with van der Waals surface area (Å²) in [5.74, 6) is -1.27. The first kappa shape index (κ1) is 14.0. The molecule has 0 spiro atoms. The molecule has 1 aromatic rings. The average Bonchev–Trinajstić information content (AvgIpc) is 2.26. The summed E-state index contributed by atoms with van der Waals surface area (Å²) in [5, 5.41) is 8.89. The number of carbonyl (C=O) groups is 2. The zero-order valence-electron chi connectivity index (χ0n) is 9.90. The molecule has 1 unspecified atom stereocenters. The van der Waals surface area contributed by atoms with Gasteiger partial charge in [0.15, 0.2) is 0 Å². The Balaban J connectivity index is 3.09. The smallest absolute Gasteiger partial charge is 0.326 e. The molecule has 1 amide bonds. The first-order chi connectivity index (χ1) is 7.86. The van der Waals surface area contributed by atoms with Gasteiger partial charge in [-0.3, -0.25) is 4.79 Å². The molecular formula is C12H14INO3. The van der Waals surface area contributed by atoms with E-state index in [4.69, 9.17) is 5.11 Å². The lowest BCUT2D eigenvalue weighted by molar-refractivity contribution is -0.141. The number of halogens is 1. The predicted molar refractivity (Wildman–Crippen MR) is 73.1 cm³/mol. The van der Waals surface area contributed by atoms with Gasteiger partial charge in [-0.15, -0.1) is 0 Å². The van der Waals surface area contributed by atoms with Crippen LogP contribution in [0.1, 0.15) is 22.8 Å². The Labute approximate surface area is 114 Å². The van der Waals surface area contributed by atoms with E-state index in [1.807, 2.05) is 25.1 Å². The Hall–Kier alpha value is -1.11. The van der Waals surface area contributed by atoms with Gasteiger partial charge in [0, 0.05) is 10.6 Å². The van der Waals surface area contributed by atoms with Crippen molar-refractivity contribution >= 4 is 34.5 Å². The number of carboxylic acid groups (broad SMARTS) is 1. The third-order valence-corrected chi connectivity index (χ3v) is 3.59. The van der Waals surface area contributed by atoms with Gasteiger partial charge in [0.1, 0.15) is 6.04 Å². The number of amides is 1. The summed E-state index contributed by atoms with van der Waals surface area (Å²) < 4.78 is 0.831. The largest absolute Gasteiger partial charge is 0.480 e. The molecule has 0 aliphatic carbocycles. The second kappa shape index (κ2) is 5.48. The molecule has 0 aliphatic heterocycles. The Kier molecular flexibility index (Phi) is 4.50. The number of carbonyl (C=O) groups excluding carboxylic acids is 1. The van der Waals surface area contributed by atoms with Crippen LogP contribution in [0.3, 0.4) is 0 Å². The van der Waals surface area contributed by atoms with E-state index >= 15 is 0 Å². The Morgan fingerprint density at radius 3 is 2.47 bits per heavy atom. The molecule has 0 bridgehead atoms. The molecular weight excluding hydrogens is 333 g/mol. The number of likely N-dealkylation sites (N-methyl/N-ethyl adjacent to an activating group) is 1. The Bertz CT molecular complexity index is 439. The van der Waals surface area contributed by atoms with E-state index in [2.05, 4.69) is 22.6 Å². The highest BCUT2D eigenvalue weighted by molar-refractivity contribution is 14.1. The summed E-state index contributed by atoms with van der Waals surface area (Å²) in [4.78, 5) is 24.3. The van der Waals surface area contributed by atoms with Crippen LogP contribution in [0.5, 0.6) is 0 Å². The molecule has 0 saturated carbocycles. The summed E-state index contributed by atoms with van der Waals surface area (Å²) in [6.45, 7) is 3.33. The quantitative estimate of drug-likeness (QED) is 0.853. The van der Waals surface area contributed by atoms with Crippen LogP contribution in [0.4, 0.5) is 0 Å². The number of aryl methyl sites for hydroxylation is 1. The van der Waals surface area contributed by atoms with Crippen LogP contribution in [0.2, 0.25) is 0 Å². The lowest BCUT2D eigenvalue weighted by Crippen LogP contribution is -2.40. The highest BCUT2D eigenvalue weighted by Gasteiger charge is 2.24. The highest BCUT2D eigenvalue weighted by atomic mass is 127. The zero-order chi connectivity index (χ0) is 13.2. The van der Waals surface area contributed by atoms with Crippen molar-refractivity contribution < 1.29 is 14.7 Å². The van der Waals surface area contributed by atoms with Gasteiger partial charge in [-0.2, -0.15) is 0 Å². The molecule has 92 valence electrons. The van der Waals surface area contributed by atoms with Crippen molar-refractivity contribution in [2.24, 2.45) is 0 Å². The lowest BCUT2D eigenvalue weighted by atomic mass is 10.1. The number of nitrogens with zero attached hydrogens (tertiary/aromatic N) is 1. The molecule has 0 radical (unpaired) electrons. The topological polar surface area (TPSA) is 57.6 Å². The van der Waals surface area contributed by atoms with E-state index in [0.29, 0.717) is 5.56 Å². The molecule has 1 aromatic carbocycles. The Morgan fingerprint density at radius 1 is 1.41 bits per heavy atom. The van der Waals surface area contributed by atoms with Gasteiger partial charge in [0.25, 0.3) is 5.91 Å². The van der Waals surface area contributed by atoms with E-state index < -0.39 is 12.0 Å². The molecule has 1 atom stereocenters. The molecule has 0 heterocycles. The number of rotatable bonds is 3. The third-order valence-electron chi connectivity index (χ3n) is 2.69. The number of hydrogen-bond acceptors (Lipinski definition) is 2. The molecule has 1 rings (SSSR count). The van der Waals surface area contributed by atoms with Gasteiger partial charge < -0.3 is 10.0 Å². The molecule has 17 heavy (non-hydrogen) atoms. The van der Waals surface area contributed by atoms with E-state index in [1.54, 1.807) is 0 Å². The second-order valence-corrected chi connectivity index (χ2v) is 5.02.